The summed E-state index contributed by atoms with van der Waals surface area (Å²) in [6, 6.07) is 12.5. The topological polar surface area (TPSA) is 111 Å². The Labute approximate surface area is 271 Å². The van der Waals surface area contributed by atoms with E-state index in [4.69, 9.17) is 19.9 Å². The Hall–Kier alpha value is -2.81. The van der Waals surface area contributed by atoms with Gasteiger partial charge in [0, 0.05) is 28.0 Å². The van der Waals surface area contributed by atoms with Crippen molar-refractivity contribution in [3.8, 4) is 0 Å². The number of benzene rings is 2. The number of ketones is 1. The number of rotatable bonds is 5. The third-order valence-corrected chi connectivity index (χ3v) is 13.1. The van der Waals surface area contributed by atoms with E-state index >= 15 is 0 Å². The van der Waals surface area contributed by atoms with Crippen LogP contribution in [0.15, 0.2) is 60.2 Å². The SMILES string of the molecule is C[C@]12/C=C\COCC=C1CC[C@@H]1[C@@H]2[C@@H](O)C[C@@]2(C)[C@H]1C[C@H]1O[C@@H](c3ccc(Cc4ccc(N)c5c4CCC5)cc3)O[C@]12C(=O)CO. The molecule has 0 aromatic heterocycles. The van der Waals surface area contributed by atoms with E-state index in [-0.39, 0.29) is 29.0 Å². The number of carbonyl (C=O) groups excluding carboxylic acids is 1. The quantitative estimate of drug-likeness (QED) is 0.302. The molecule has 2 aliphatic heterocycles. The van der Waals surface area contributed by atoms with E-state index in [0.717, 1.165) is 49.8 Å². The van der Waals surface area contributed by atoms with Crippen molar-refractivity contribution in [2.45, 2.75) is 89.3 Å². The second kappa shape index (κ2) is 11.1. The van der Waals surface area contributed by atoms with Crippen LogP contribution < -0.4 is 5.73 Å². The number of ether oxygens (including phenoxy) is 3. The summed E-state index contributed by atoms with van der Waals surface area (Å²) in [5.41, 5.74) is 12.4. The number of aliphatic hydroxyl groups excluding tert-OH is 2. The summed E-state index contributed by atoms with van der Waals surface area (Å²) >= 11 is 0. The minimum Gasteiger partial charge on any atom is -0.398 e. The molecule has 0 bridgehead atoms. The van der Waals surface area contributed by atoms with Gasteiger partial charge in [0.1, 0.15) is 6.61 Å². The van der Waals surface area contributed by atoms with Gasteiger partial charge in [0.15, 0.2) is 17.7 Å². The van der Waals surface area contributed by atoms with Crippen molar-refractivity contribution in [2.75, 3.05) is 25.6 Å². The van der Waals surface area contributed by atoms with Gasteiger partial charge in [-0.25, -0.2) is 0 Å². The van der Waals surface area contributed by atoms with Crippen LogP contribution in [-0.4, -0.2) is 53.6 Å². The van der Waals surface area contributed by atoms with Crippen molar-refractivity contribution < 1.29 is 29.2 Å². The molecule has 0 unspecified atom stereocenters. The zero-order valence-corrected chi connectivity index (χ0v) is 27.0. The van der Waals surface area contributed by atoms with E-state index in [1.807, 2.05) is 18.2 Å². The molecule has 0 amide bonds. The molecule has 0 radical (unpaired) electrons. The Kier molecular flexibility index (Phi) is 7.39. The first-order chi connectivity index (χ1) is 22.2. The average Bonchev–Trinajstić information content (AvgIpc) is 3.74. The largest absolute Gasteiger partial charge is 0.398 e. The summed E-state index contributed by atoms with van der Waals surface area (Å²) in [5.74, 6) is 0.0233. The summed E-state index contributed by atoms with van der Waals surface area (Å²) < 4.78 is 19.2. The molecule has 7 nitrogen and oxygen atoms in total. The summed E-state index contributed by atoms with van der Waals surface area (Å²) in [6.45, 7) is 4.92. The Morgan fingerprint density at radius 1 is 1.04 bits per heavy atom. The minimum absolute atomic E-state index is 0.0330. The predicted molar refractivity (Wildman–Crippen MR) is 175 cm³/mol. The molecule has 4 N–H and O–H groups in total. The molecular weight excluding hydrogens is 578 g/mol. The number of anilines is 1. The molecular formula is C39H47NO6. The lowest BCUT2D eigenvalue weighted by molar-refractivity contribution is -0.201. The lowest BCUT2D eigenvalue weighted by Crippen LogP contribution is -2.63. The highest BCUT2D eigenvalue weighted by molar-refractivity contribution is 5.91. The van der Waals surface area contributed by atoms with Gasteiger partial charge in [-0.2, -0.15) is 0 Å². The number of aliphatic hydroxyl groups is 2. The summed E-state index contributed by atoms with van der Waals surface area (Å²) in [4.78, 5) is 13.9. The van der Waals surface area contributed by atoms with Crippen molar-refractivity contribution in [1.29, 1.82) is 0 Å². The van der Waals surface area contributed by atoms with Gasteiger partial charge < -0.3 is 30.2 Å². The van der Waals surface area contributed by atoms with Crippen LogP contribution in [0.25, 0.3) is 0 Å². The van der Waals surface area contributed by atoms with Gasteiger partial charge in [-0.3, -0.25) is 4.79 Å². The Bertz CT molecular complexity index is 1600. The maximum absolute atomic E-state index is 13.9. The second-order valence-electron chi connectivity index (χ2n) is 15.1. The number of hydrogen-bond donors (Lipinski definition) is 3. The van der Waals surface area contributed by atoms with Crippen molar-refractivity contribution in [2.24, 2.45) is 28.6 Å². The van der Waals surface area contributed by atoms with Gasteiger partial charge in [0.25, 0.3) is 0 Å². The van der Waals surface area contributed by atoms with Crippen LogP contribution in [-0.2, 0) is 38.3 Å². The Morgan fingerprint density at radius 2 is 1.85 bits per heavy atom. The van der Waals surface area contributed by atoms with Gasteiger partial charge in [-0.1, -0.05) is 68.0 Å². The van der Waals surface area contributed by atoms with Crippen molar-refractivity contribution in [3.05, 3.63) is 88.0 Å². The molecule has 2 aromatic rings. The molecule has 4 aliphatic carbocycles. The smallest absolute Gasteiger partial charge is 0.193 e. The number of carbonyl (C=O) groups is 1. The van der Waals surface area contributed by atoms with E-state index in [0.29, 0.717) is 26.1 Å². The van der Waals surface area contributed by atoms with Gasteiger partial charge in [0.05, 0.1) is 25.4 Å². The lowest BCUT2D eigenvalue weighted by Gasteiger charge is -2.59. The highest BCUT2D eigenvalue weighted by Gasteiger charge is 2.75. The first-order valence-corrected chi connectivity index (χ1v) is 17.3. The first-order valence-electron chi connectivity index (χ1n) is 17.3. The molecule has 2 aromatic carbocycles. The maximum atomic E-state index is 13.9. The zero-order chi connectivity index (χ0) is 31.8. The van der Waals surface area contributed by atoms with Crippen molar-refractivity contribution in [1.82, 2.24) is 0 Å². The van der Waals surface area contributed by atoms with E-state index in [9.17, 15) is 15.0 Å². The van der Waals surface area contributed by atoms with E-state index in [1.165, 1.54) is 27.8 Å². The summed E-state index contributed by atoms with van der Waals surface area (Å²) in [5, 5.41) is 22.3. The fourth-order valence-corrected chi connectivity index (χ4v) is 11.0. The van der Waals surface area contributed by atoms with Crippen LogP contribution >= 0.6 is 0 Å². The van der Waals surface area contributed by atoms with Crippen LogP contribution in [0.1, 0.15) is 80.1 Å². The normalized spacial score (nSPS) is 40.0. The number of Topliss-reactive ketones (excluding diaryl/α,β-unsaturated/α-hetero) is 1. The molecule has 1 saturated heterocycles. The lowest BCUT2D eigenvalue weighted by atomic mass is 9.46. The molecule has 7 heteroatoms. The molecule has 9 atom stereocenters. The predicted octanol–water partition coefficient (Wildman–Crippen LogP) is 5.40. The monoisotopic (exact) mass is 625 g/mol. The van der Waals surface area contributed by atoms with Crippen LogP contribution in [0.4, 0.5) is 5.69 Å². The van der Waals surface area contributed by atoms with Crippen LogP contribution in [0.3, 0.4) is 0 Å². The third kappa shape index (κ3) is 4.31. The van der Waals surface area contributed by atoms with E-state index in [2.05, 4.69) is 50.3 Å². The number of fused-ring (bicyclic) bond motifs is 8. The Morgan fingerprint density at radius 3 is 2.65 bits per heavy atom. The molecule has 4 fully saturated rings. The fraction of sp³-hybridized carbons (Fsp3) is 0.564. The molecule has 46 heavy (non-hydrogen) atoms. The fourth-order valence-electron chi connectivity index (χ4n) is 11.0. The number of nitrogen functional groups attached to an aromatic ring is 1. The molecule has 3 saturated carbocycles. The van der Waals surface area contributed by atoms with Gasteiger partial charge in [0.2, 0.25) is 0 Å². The van der Waals surface area contributed by atoms with Crippen molar-refractivity contribution >= 4 is 11.5 Å². The molecule has 6 aliphatic rings. The summed E-state index contributed by atoms with van der Waals surface area (Å²) in [7, 11) is 0. The highest BCUT2D eigenvalue weighted by atomic mass is 16.7. The maximum Gasteiger partial charge on any atom is 0.193 e. The number of hydrogen-bond acceptors (Lipinski definition) is 7. The minimum atomic E-state index is -1.31. The van der Waals surface area contributed by atoms with Gasteiger partial charge in [-0.05, 0) is 91.5 Å². The van der Waals surface area contributed by atoms with E-state index < -0.39 is 36.1 Å². The second-order valence-corrected chi connectivity index (χ2v) is 15.1. The number of nitrogens with two attached hydrogens (primary N) is 1. The molecule has 8 rings (SSSR count). The zero-order valence-electron chi connectivity index (χ0n) is 27.0. The van der Waals surface area contributed by atoms with Crippen molar-refractivity contribution in [3.63, 3.8) is 0 Å². The third-order valence-electron chi connectivity index (χ3n) is 13.1. The van der Waals surface area contributed by atoms with Crippen LogP contribution in [0, 0.1) is 28.6 Å². The number of allylic oxidation sites excluding steroid dienone is 2. The van der Waals surface area contributed by atoms with E-state index in [1.54, 1.807) is 0 Å². The first kappa shape index (κ1) is 30.5. The molecule has 244 valence electrons. The average molecular weight is 626 g/mol. The standard InChI is InChI=1S/C39H47NO6/c1-37-16-4-17-44-18-15-26(37)12-13-29-30-20-34-39(33(43)22-41,38(30,2)21-32(42)35(29)37)46-36(45-34)24-9-7-23(8-10-24)19-25-11-14-31(40)28-6-3-5-27(25)28/h4,7-11,14-16,29-30,32,34-36,41-42H,3,5-6,12-13,17-22,40H2,1-2H3/b16-4-,26-15?/t29-,30-,32-,34+,35+,36+,37-,38-,39+/m0/s1. The Balaban J connectivity index is 1.07. The van der Waals surface area contributed by atoms with Gasteiger partial charge >= 0.3 is 0 Å². The molecule has 2 heterocycles. The van der Waals surface area contributed by atoms with Gasteiger partial charge in [-0.15, -0.1) is 0 Å². The highest BCUT2D eigenvalue weighted by Crippen LogP contribution is 2.70. The van der Waals surface area contributed by atoms with Crippen LogP contribution in [0.5, 0.6) is 0 Å². The van der Waals surface area contributed by atoms with Crippen LogP contribution in [0.2, 0.25) is 0 Å². The molecule has 0 spiro atoms. The summed E-state index contributed by atoms with van der Waals surface area (Å²) in [6.07, 6.45) is 11.8.